The maximum atomic E-state index is 12.5. The second-order valence-corrected chi connectivity index (χ2v) is 18.9. The van der Waals surface area contributed by atoms with Crippen molar-refractivity contribution >= 4 is 11.9 Å². The van der Waals surface area contributed by atoms with Crippen molar-refractivity contribution < 1.29 is 24.5 Å². The summed E-state index contributed by atoms with van der Waals surface area (Å²) in [6, 6.07) is -0.561. The van der Waals surface area contributed by atoms with Gasteiger partial charge in [-0.1, -0.05) is 224 Å². The molecule has 0 radical (unpaired) electrons. The van der Waals surface area contributed by atoms with E-state index in [9.17, 15) is 19.8 Å². The van der Waals surface area contributed by atoms with Crippen molar-refractivity contribution in [2.24, 2.45) is 0 Å². The molecule has 0 fully saturated rings. The van der Waals surface area contributed by atoms with Crippen LogP contribution in [0.1, 0.15) is 296 Å². The van der Waals surface area contributed by atoms with Gasteiger partial charge in [-0.25, -0.2) is 0 Å². The minimum atomic E-state index is -0.681. The number of ether oxygens (including phenoxy) is 1. The molecule has 6 heteroatoms. The Hall–Kier alpha value is -1.66. The molecule has 0 aromatic carbocycles. The molecule has 0 aromatic rings. The Morgan fingerprint density at radius 3 is 1.16 bits per heavy atom. The first-order chi connectivity index (χ1) is 30.5. The van der Waals surface area contributed by atoms with E-state index in [2.05, 4.69) is 43.5 Å². The molecule has 2 unspecified atom stereocenters. The first-order valence-corrected chi connectivity index (χ1v) is 27.6. The van der Waals surface area contributed by atoms with Crippen LogP contribution in [0.5, 0.6) is 0 Å². The van der Waals surface area contributed by atoms with E-state index in [4.69, 9.17) is 4.74 Å². The van der Waals surface area contributed by atoms with Crippen LogP contribution in [0.2, 0.25) is 0 Å². The zero-order valence-electron chi connectivity index (χ0n) is 41.6. The van der Waals surface area contributed by atoms with E-state index in [1.165, 1.54) is 186 Å². The van der Waals surface area contributed by atoms with Gasteiger partial charge >= 0.3 is 5.97 Å². The number of allylic oxidation sites excluding steroid dienone is 4. The normalized spacial score (nSPS) is 12.8. The number of unbranched alkanes of at least 4 members (excludes halogenated alkanes) is 36. The Kier molecular flexibility index (Phi) is 50.6. The van der Waals surface area contributed by atoms with Crippen molar-refractivity contribution in [3.05, 3.63) is 24.3 Å². The molecule has 0 heterocycles. The van der Waals surface area contributed by atoms with Crippen molar-refractivity contribution in [3.63, 3.8) is 0 Å². The van der Waals surface area contributed by atoms with Gasteiger partial charge in [0.05, 0.1) is 25.4 Å². The average molecular weight is 874 g/mol. The van der Waals surface area contributed by atoms with Crippen LogP contribution in [0.4, 0.5) is 0 Å². The van der Waals surface area contributed by atoms with Gasteiger partial charge in [0.2, 0.25) is 5.91 Å². The zero-order valence-corrected chi connectivity index (χ0v) is 41.6. The van der Waals surface area contributed by atoms with Gasteiger partial charge in [-0.05, 0) is 83.5 Å². The zero-order chi connectivity index (χ0) is 45.1. The molecule has 2 atom stereocenters. The minimum absolute atomic E-state index is 0.0316. The molecule has 62 heavy (non-hydrogen) atoms. The molecule has 0 spiro atoms. The summed E-state index contributed by atoms with van der Waals surface area (Å²) in [7, 11) is 0. The lowest BCUT2D eigenvalue weighted by atomic mass is 10.0. The lowest BCUT2D eigenvalue weighted by molar-refractivity contribution is -0.143. The molecule has 0 aromatic heterocycles. The van der Waals surface area contributed by atoms with E-state index in [0.717, 1.165) is 77.0 Å². The van der Waals surface area contributed by atoms with E-state index >= 15 is 0 Å². The monoisotopic (exact) mass is 874 g/mol. The largest absolute Gasteiger partial charge is 0.466 e. The summed E-state index contributed by atoms with van der Waals surface area (Å²) in [5.74, 6) is -0.0908. The van der Waals surface area contributed by atoms with Crippen LogP contribution in [0.25, 0.3) is 0 Å². The Morgan fingerprint density at radius 2 is 0.758 bits per heavy atom. The van der Waals surface area contributed by atoms with Crippen LogP contribution in [-0.2, 0) is 14.3 Å². The first kappa shape index (κ1) is 60.3. The molecule has 6 nitrogen and oxygen atoms in total. The van der Waals surface area contributed by atoms with Crippen LogP contribution in [-0.4, -0.2) is 47.4 Å². The standard InChI is InChI=1S/C56H107NO5/c1-3-5-7-9-11-13-15-17-18-19-20-21-22-23-25-28-32-36-40-44-48-54(59)53(52-58)57-55(60)49-45-41-37-33-29-26-27-31-35-39-43-47-51-62-56(61)50-46-42-38-34-30-24-16-14-12-10-8-6-4-2/h14,16,27,31,53-54,58-59H,3-13,15,17-26,28-30,32-52H2,1-2H3,(H,57,60)/b16-14-,31-27-. The van der Waals surface area contributed by atoms with Gasteiger partial charge < -0.3 is 20.3 Å². The molecule has 366 valence electrons. The highest BCUT2D eigenvalue weighted by Crippen LogP contribution is 2.17. The van der Waals surface area contributed by atoms with Gasteiger partial charge in [0.25, 0.3) is 0 Å². The molecule has 1 amide bonds. The second-order valence-electron chi connectivity index (χ2n) is 18.9. The topological polar surface area (TPSA) is 95.9 Å². The Bertz CT molecular complexity index is 966. The molecule has 0 saturated carbocycles. The van der Waals surface area contributed by atoms with Crippen LogP contribution >= 0.6 is 0 Å². The van der Waals surface area contributed by atoms with E-state index in [0.29, 0.717) is 25.9 Å². The maximum Gasteiger partial charge on any atom is 0.305 e. The van der Waals surface area contributed by atoms with Gasteiger partial charge in [-0.3, -0.25) is 9.59 Å². The molecular formula is C56H107NO5. The maximum absolute atomic E-state index is 12.5. The lowest BCUT2D eigenvalue weighted by Crippen LogP contribution is -2.45. The second kappa shape index (κ2) is 52.0. The number of hydrogen-bond donors (Lipinski definition) is 3. The quantitative estimate of drug-likeness (QED) is 0.0321. The summed E-state index contributed by atoms with van der Waals surface area (Å²) in [6.07, 6.45) is 61.6. The number of hydrogen-bond acceptors (Lipinski definition) is 5. The van der Waals surface area contributed by atoms with Crippen LogP contribution < -0.4 is 5.32 Å². The summed E-state index contributed by atoms with van der Waals surface area (Å²) in [6.45, 7) is 4.89. The lowest BCUT2D eigenvalue weighted by Gasteiger charge is -2.22. The Labute approximate surface area is 386 Å². The van der Waals surface area contributed by atoms with Crippen molar-refractivity contribution in [2.45, 2.75) is 309 Å². The van der Waals surface area contributed by atoms with Gasteiger partial charge in [-0.2, -0.15) is 0 Å². The third-order valence-electron chi connectivity index (χ3n) is 12.7. The predicted octanol–water partition coefficient (Wildman–Crippen LogP) is 16.7. The fourth-order valence-electron chi connectivity index (χ4n) is 8.45. The van der Waals surface area contributed by atoms with E-state index in [1.807, 2.05) is 0 Å². The average Bonchev–Trinajstić information content (AvgIpc) is 3.27. The minimum Gasteiger partial charge on any atom is -0.466 e. The first-order valence-electron chi connectivity index (χ1n) is 27.6. The number of aliphatic hydroxyl groups is 2. The molecule has 0 bridgehead atoms. The van der Waals surface area contributed by atoms with Crippen molar-refractivity contribution in [3.8, 4) is 0 Å². The number of carbonyl (C=O) groups is 2. The Morgan fingerprint density at radius 1 is 0.435 bits per heavy atom. The third-order valence-corrected chi connectivity index (χ3v) is 12.7. The molecule has 0 aliphatic rings. The highest BCUT2D eigenvalue weighted by atomic mass is 16.5. The fraction of sp³-hybridized carbons (Fsp3) is 0.893. The molecule has 3 N–H and O–H groups in total. The number of carbonyl (C=O) groups excluding carboxylic acids is 2. The smallest absolute Gasteiger partial charge is 0.305 e. The summed E-state index contributed by atoms with van der Waals surface area (Å²) in [4.78, 5) is 24.5. The number of esters is 1. The van der Waals surface area contributed by atoms with Gasteiger partial charge in [0.15, 0.2) is 0 Å². The van der Waals surface area contributed by atoms with Crippen molar-refractivity contribution in [2.75, 3.05) is 13.2 Å². The Balaban J connectivity index is 3.51. The number of amides is 1. The van der Waals surface area contributed by atoms with E-state index in [-0.39, 0.29) is 18.5 Å². The van der Waals surface area contributed by atoms with Crippen LogP contribution in [0.3, 0.4) is 0 Å². The summed E-state index contributed by atoms with van der Waals surface area (Å²) < 4.78 is 5.44. The molecule has 0 aliphatic carbocycles. The molecule has 0 aliphatic heterocycles. The van der Waals surface area contributed by atoms with Gasteiger partial charge in [0, 0.05) is 12.8 Å². The van der Waals surface area contributed by atoms with Crippen molar-refractivity contribution in [1.82, 2.24) is 5.32 Å². The van der Waals surface area contributed by atoms with Crippen molar-refractivity contribution in [1.29, 1.82) is 0 Å². The summed E-state index contributed by atoms with van der Waals surface area (Å²) >= 11 is 0. The molecular weight excluding hydrogens is 767 g/mol. The van der Waals surface area contributed by atoms with Gasteiger partial charge in [-0.15, -0.1) is 0 Å². The number of aliphatic hydroxyl groups excluding tert-OH is 2. The van der Waals surface area contributed by atoms with Crippen LogP contribution in [0.15, 0.2) is 24.3 Å². The third kappa shape index (κ3) is 47.8. The highest BCUT2D eigenvalue weighted by molar-refractivity contribution is 5.76. The SMILES string of the molecule is CCCCCC/C=C\CCCCCCCC(=O)OCCCCC/C=C\CCCCCCCC(=O)NC(CO)C(O)CCCCCCCCCCCCCCCCCCCCCC. The predicted molar refractivity (Wildman–Crippen MR) is 269 cm³/mol. The van der Waals surface area contributed by atoms with E-state index < -0.39 is 12.1 Å². The number of nitrogens with one attached hydrogen (secondary N) is 1. The molecule has 0 saturated heterocycles. The van der Waals surface area contributed by atoms with Gasteiger partial charge in [0.1, 0.15) is 0 Å². The summed E-state index contributed by atoms with van der Waals surface area (Å²) in [5, 5.41) is 23.3. The van der Waals surface area contributed by atoms with Crippen LogP contribution in [0, 0.1) is 0 Å². The fourth-order valence-corrected chi connectivity index (χ4v) is 8.45. The summed E-state index contributed by atoms with van der Waals surface area (Å²) in [5.41, 5.74) is 0. The van der Waals surface area contributed by atoms with E-state index in [1.54, 1.807) is 0 Å². The molecule has 0 rings (SSSR count). The highest BCUT2D eigenvalue weighted by Gasteiger charge is 2.20. The number of rotatable bonds is 51.